The summed E-state index contributed by atoms with van der Waals surface area (Å²) >= 11 is 0. The number of nitrogens with zero attached hydrogens (tertiary/aromatic N) is 2. The molecule has 2 saturated heterocycles. The second-order valence-electron chi connectivity index (χ2n) is 10.9. The largest absolute Gasteiger partial charge is 0.497 e. The summed E-state index contributed by atoms with van der Waals surface area (Å²) in [6, 6.07) is 15.0. The van der Waals surface area contributed by atoms with E-state index >= 15 is 0 Å². The van der Waals surface area contributed by atoms with Gasteiger partial charge < -0.3 is 24.4 Å². The van der Waals surface area contributed by atoms with E-state index in [1.807, 2.05) is 12.1 Å². The predicted molar refractivity (Wildman–Crippen MR) is 144 cm³/mol. The zero-order valence-corrected chi connectivity index (χ0v) is 21.7. The van der Waals surface area contributed by atoms with Gasteiger partial charge in [0.15, 0.2) is 0 Å². The van der Waals surface area contributed by atoms with Gasteiger partial charge in [-0.15, -0.1) is 0 Å². The highest BCUT2D eigenvalue weighted by molar-refractivity contribution is 5.69. The van der Waals surface area contributed by atoms with E-state index in [9.17, 15) is 9.90 Å². The summed E-state index contributed by atoms with van der Waals surface area (Å²) in [5.74, 6) is 2.28. The minimum absolute atomic E-state index is 0.0688. The molecule has 5 rings (SSSR count). The van der Waals surface area contributed by atoms with Gasteiger partial charge in [-0.1, -0.05) is 25.8 Å². The highest BCUT2D eigenvalue weighted by Crippen LogP contribution is 2.41. The molecule has 0 radical (unpaired) electrons. The van der Waals surface area contributed by atoms with Gasteiger partial charge in [0.25, 0.3) is 0 Å². The highest BCUT2D eigenvalue weighted by Gasteiger charge is 2.31. The van der Waals surface area contributed by atoms with E-state index in [4.69, 9.17) is 9.47 Å². The topological polar surface area (TPSA) is 62.2 Å². The van der Waals surface area contributed by atoms with Gasteiger partial charge in [-0.3, -0.25) is 4.79 Å². The van der Waals surface area contributed by atoms with Gasteiger partial charge in [-0.05, 0) is 67.0 Å². The fourth-order valence-corrected chi connectivity index (χ4v) is 6.49. The van der Waals surface area contributed by atoms with Gasteiger partial charge in [0.2, 0.25) is 0 Å². The average Bonchev–Trinajstić information content (AvgIpc) is 3.54. The molecular formula is C30H40N2O4. The molecule has 2 aliphatic heterocycles. The van der Waals surface area contributed by atoms with Crippen LogP contribution in [0.25, 0.3) is 0 Å². The Morgan fingerprint density at radius 3 is 2.36 bits per heavy atom. The van der Waals surface area contributed by atoms with Gasteiger partial charge in [0, 0.05) is 56.0 Å². The maximum absolute atomic E-state index is 11.3. The van der Waals surface area contributed by atoms with Crippen molar-refractivity contribution in [2.45, 2.75) is 76.4 Å². The first-order valence-electron chi connectivity index (χ1n) is 13.7. The van der Waals surface area contributed by atoms with Gasteiger partial charge in [0.1, 0.15) is 17.6 Å². The van der Waals surface area contributed by atoms with Crippen molar-refractivity contribution in [3.05, 3.63) is 48.0 Å². The van der Waals surface area contributed by atoms with Gasteiger partial charge in [0.05, 0.1) is 13.5 Å². The summed E-state index contributed by atoms with van der Waals surface area (Å²) < 4.78 is 11.9. The third-order valence-corrected chi connectivity index (χ3v) is 8.32. The number of hydrogen-bond acceptors (Lipinski definition) is 5. The lowest BCUT2D eigenvalue weighted by atomic mass is 9.94. The van der Waals surface area contributed by atoms with E-state index in [0.717, 1.165) is 56.1 Å². The molecule has 0 bridgehead atoms. The number of benzene rings is 2. The van der Waals surface area contributed by atoms with Crippen molar-refractivity contribution >= 4 is 17.3 Å². The zero-order valence-electron chi connectivity index (χ0n) is 21.7. The summed E-state index contributed by atoms with van der Waals surface area (Å²) in [5, 5.41) is 9.28. The molecule has 194 valence electrons. The Hall–Kier alpha value is -2.89. The van der Waals surface area contributed by atoms with Crippen LogP contribution in [-0.4, -0.2) is 50.0 Å². The van der Waals surface area contributed by atoms with Crippen molar-refractivity contribution in [2.75, 3.05) is 36.5 Å². The van der Waals surface area contributed by atoms with Gasteiger partial charge in [-0.2, -0.15) is 0 Å². The molecule has 6 heteroatoms. The van der Waals surface area contributed by atoms with E-state index in [0.29, 0.717) is 11.8 Å². The first-order valence-corrected chi connectivity index (χ1v) is 13.7. The van der Waals surface area contributed by atoms with Crippen LogP contribution >= 0.6 is 0 Å². The molecule has 0 spiro atoms. The second kappa shape index (κ2) is 11.0. The summed E-state index contributed by atoms with van der Waals surface area (Å²) in [5.41, 5.74) is 3.92. The maximum Gasteiger partial charge on any atom is 0.305 e. The number of rotatable bonds is 8. The lowest BCUT2D eigenvalue weighted by Crippen LogP contribution is -2.38. The molecule has 0 aromatic heterocycles. The van der Waals surface area contributed by atoms with Crippen LogP contribution in [0.4, 0.5) is 11.4 Å². The number of methoxy groups -OCH3 is 1. The molecule has 6 nitrogen and oxygen atoms in total. The Bertz CT molecular complexity index is 1030. The van der Waals surface area contributed by atoms with Crippen molar-refractivity contribution in [2.24, 2.45) is 5.92 Å². The monoisotopic (exact) mass is 492 g/mol. The summed E-state index contributed by atoms with van der Waals surface area (Å²) in [6.07, 6.45) is 8.57. The quantitative estimate of drug-likeness (QED) is 0.481. The highest BCUT2D eigenvalue weighted by atomic mass is 16.5. The van der Waals surface area contributed by atoms with Gasteiger partial charge >= 0.3 is 5.97 Å². The van der Waals surface area contributed by atoms with Crippen molar-refractivity contribution in [1.29, 1.82) is 0 Å². The molecule has 3 aliphatic rings. The van der Waals surface area contributed by atoms with Crippen molar-refractivity contribution in [1.82, 2.24) is 0 Å². The van der Waals surface area contributed by atoms with Crippen LogP contribution in [0, 0.1) is 5.92 Å². The number of anilines is 2. The second-order valence-corrected chi connectivity index (χ2v) is 10.9. The third kappa shape index (κ3) is 5.58. The van der Waals surface area contributed by atoms with Crippen LogP contribution in [-0.2, 0) is 4.79 Å². The normalized spacial score (nSPS) is 23.3. The Morgan fingerprint density at radius 2 is 1.69 bits per heavy atom. The summed E-state index contributed by atoms with van der Waals surface area (Å²) in [4.78, 5) is 16.1. The molecule has 1 aliphatic carbocycles. The molecule has 0 unspecified atom stereocenters. The van der Waals surface area contributed by atoms with Crippen LogP contribution in [0.15, 0.2) is 42.5 Å². The van der Waals surface area contributed by atoms with E-state index in [2.05, 4.69) is 47.1 Å². The van der Waals surface area contributed by atoms with Crippen LogP contribution in [0.2, 0.25) is 0 Å². The number of carboxylic acids is 1. The molecule has 2 aromatic carbocycles. The van der Waals surface area contributed by atoms with Crippen LogP contribution in [0.1, 0.15) is 69.8 Å². The lowest BCUT2D eigenvalue weighted by molar-refractivity contribution is -0.137. The predicted octanol–water partition coefficient (Wildman–Crippen LogP) is 6.09. The van der Waals surface area contributed by atoms with Crippen LogP contribution in [0.3, 0.4) is 0 Å². The van der Waals surface area contributed by atoms with Crippen LogP contribution < -0.4 is 19.3 Å². The minimum Gasteiger partial charge on any atom is -0.497 e. The summed E-state index contributed by atoms with van der Waals surface area (Å²) in [6.45, 7) is 5.07. The Balaban J connectivity index is 1.19. The number of hydrogen-bond donors (Lipinski definition) is 1. The standard InChI is InChI=1S/C30H40N2O4/c1-21-17-24(18-30(33)34)32(20-21)23-7-9-25(10-8-23)36-26-13-15-31(16-14-26)29-19-27(35-2)11-12-28(29)22-5-3-4-6-22/h7-12,19,21-22,24,26H,3-6,13-18,20H2,1-2H3,(H,33,34)/t21-,24-/m1/s1. The van der Waals surface area contributed by atoms with Gasteiger partial charge in [-0.25, -0.2) is 0 Å². The molecule has 1 saturated carbocycles. The third-order valence-electron chi connectivity index (χ3n) is 8.32. The Morgan fingerprint density at radius 1 is 1.00 bits per heavy atom. The molecule has 2 aromatic rings. The number of carbonyl (C=O) groups is 1. The first kappa shape index (κ1) is 24.8. The SMILES string of the molecule is COc1ccc(C2CCCC2)c(N2CCC(Oc3ccc(N4C[C@H](C)C[C@@H]4CC(=O)O)cc3)CC2)c1. The Kier molecular flexibility index (Phi) is 7.59. The number of carboxylic acid groups (broad SMARTS) is 1. The fraction of sp³-hybridized carbons (Fsp3) is 0.567. The van der Waals surface area contributed by atoms with Crippen molar-refractivity contribution in [3.8, 4) is 11.5 Å². The van der Waals surface area contributed by atoms with E-state index in [-0.39, 0.29) is 18.6 Å². The molecular weight excluding hydrogens is 452 g/mol. The van der Waals surface area contributed by atoms with Crippen molar-refractivity contribution < 1.29 is 19.4 Å². The molecule has 1 N–H and O–H groups in total. The molecule has 3 fully saturated rings. The number of aliphatic carboxylic acids is 1. The van der Waals surface area contributed by atoms with E-state index in [1.54, 1.807) is 7.11 Å². The maximum atomic E-state index is 11.3. The molecule has 2 heterocycles. The number of piperidine rings is 1. The zero-order chi connectivity index (χ0) is 25.1. The minimum atomic E-state index is -0.727. The van der Waals surface area contributed by atoms with E-state index in [1.165, 1.54) is 36.9 Å². The smallest absolute Gasteiger partial charge is 0.305 e. The van der Waals surface area contributed by atoms with Crippen molar-refractivity contribution in [3.63, 3.8) is 0 Å². The van der Waals surface area contributed by atoms with Crippen LogP contribution in [0.5, 0.6) is 11.5 Å². The number of ether oxygens (including phenoxy) is 2. The average molecular weight is 493 g/mol. The molecule has 2 atom stereocenters. The van der Waals surface area contributed by atoms with E-state index < -0.39 is 5.97 Å². The summed E-state index contributed by atoms with van der Waals surface area (Å²) in [7, 11) is 1.75. The lowest BCUT2D eigenvalue weighted by Gasteiger charge is -2.36. The molecule has 36 heavy (non-hydrogen) atoms. The first-order chi connectivity index (χ1) is 17.5. The Labute approximate surface area is 215 Å². The fourth-order valence-electron chi connectivity index (χ4n) is 6.49. The molecule has 0 amide bonds.